The van der Waals surface area contributed by atoms with Crippen molar-refractivity contribution in [3.63, 3.8) is 0 Å². The van der Waals surface area contributed by atoms with Crippen LogP contribution < -0.4 is 10.6 Å². The first-order chi connectivity index (χ1) is 30.9. The number of hydrogen-bond donors (Lipinski definition) is 2. The molecule has 2 N–H and O–H groups in total. The zero-order valence-electron chi connectivity index (χ0n) is 41.3. The Morgan fingerprint density at radius 2 is 1.43 bits per heavy atom. The smallest absolute Gasteiger partial charge is 0.306 e. The molecule has 13 heteroatoms. The lowest BCUT2D eigenvalue weighted by Gasteiger charge is -2.41. The molecule has 0 radical (unpaired) electrons. The van der Waals surface area contributed by atoms with Gasteiger partial charge in [-0.05, 0) is 63.0 Å². The number of carbonyl (C=O) groups excluding carboxylic acids is 6. The van der Waals surface area contributed by atoms with Crippen molar-refractivity contribution in [2.24, 2.45) is 29.6 Å². The van der Waals surface area contributed by atoms with Crippen LogP contribution in [0, 0.1) is 29.6 Å². The van der Waals surface area contributed by atoms with Crippen molar-refractivity contribution < 1.29 is 43.0 Å². The molecule has 362 valence electrons. The second-order valence-corrected chi connectivity index (χ2v) is 18.7. The van der Waals surface area contributed by atoms with Crippen LogP contribution in [0.4, 0.5) is 0 Å². The summed E-state index contributed by atoms with van der Waals surface area (Å²) in [5, 5.41) is 6.20. The highest BCUT2D eigenvalue weighted by atomic mass is 16.5. The maximum Gasteiger partial charge on any atom is 0.306 e. The third-order valence-corrected chi connectivity index (χ3v) is 13.5. The molecule has 0 bridgehead atoms. The second kappa shape index (κ2) is 27.2. The van der Waals surface area contributed by atoms with Crippen molar-refractivity contribution in [3.8, 4) is 0 Å². The van der Waals surface area contributed by atoms with Gasteiger partial charge in [-0.3, -0.25) is 28.8 Å². The van der Waals surface area contributed by atoms with Gasteiger partial charge in [0.05, 0.1) is 48.7 Å². The van der Waals surface area contributed by atoms with Crippen LogP contribution in [0.1, 0.15) is 135 Å². The Labute approximate surface area is 389 Å². The van der Waals surface area contributed by atoms with Gasteiger partial charge in [0.15, 0.2) is 11.6 Å². The van der Waals surface area contributed by atoms with Gasteiger partial charge >= 0.3 is 5.97 Å². The number of ketones is 2. The molecular formula is C52H80N4O9. The molecule has 0 saturated carbocycles. The summed E-state index contributed by atoms with van der Waals surface area (Å²) >= 11 is 0. The van der Waals surface area contributed by atoms with Crippen molar-refractivity contribution in [3.05, 3.63) is 71.8 Å². The number of Topliss-reactive ketones (excluding diaryl/α,β-unsaturated/α-hetero) is 2. The van der Waals surface area contributed by atoms with Crippen LogP contribution in [0.3, 0.4) is 0 Å². The Morgan fingerprint density at radius 3 is 1.98 bits per heavy atom. The number of ether oxygens (including phenoxy) is 3. The Hall–Kier alpha value is -4.46. The summed E-state index contributed by atoms with van der Waals surface area (Å²) in [5.41, 5.74) is 1.38. The lowest BCUT2D eigenvalue weighted by atomic mass is 9.84. The molecule has 65 heavy (non-hydrogen) atoms. The quantitative estimate of drug-likeness (QED) is 0.0494. The third kappa shape index (κ3) is 15.6. The molecule has 3 amide bonds. The molecule has 1 fully saturated rings. The van der Waals surface area contributed by atoms with Gasteiger partial charge < -0.3 is 34.6 Å². The number of rotatable bonds is 28. The molecule has 0 aliphatic carbocycles. The van der Waals surface area contributed by atoms with Crippen LogP contribution in [0.25, 0.3) is 0 Å². The summed E-state index contributed by atoms with van der Waals surface area (Å²) in [5.74, 6) is -2.24. The van der Waals surface area contributed by atoms with E-state index in [1.54, 1.807) is 64.1 Å². The molecule has 13 nitrogen and oxygen atoms in total. The van der Waals surface area contributed by atoms with Crippen LogP contribution in [0.15, 0.2) is 60.7 Å². The van der Waals surface area contributed by atoms with Gasteiger partial charge in [-0.25, -0.2) is 0 Å². The fourth-order valence-corrected chi connectivity index (χ4v) is 9.44. The highest BCUT2D eigenvalue weighted by Gasteiger charge is 2.43. The van der Waals surface area contributed by atoms with Gasteiger partial charge in [-0.15, -0.1) is 0 Å². The summed E-state index contributed by atoms with van der Waals surface area (Å²) < 4.78 is 18.1. The van der Waals surface area contributed by atoms with E-state index in [4.69, 9.17) is 14.2 Å². The minimum absolute atomic E-state index is 0.00259. The Bertz CT molecular complexity index is 1810. The number of esters is 1. The molecule has 1 aliphatic heterocycles. The van der Waals surface area contributed by atoms with Crippen molar-refractivity contribution in [1.29, 1.82) is 0 Å². The van der Waals surface area contributed by atoms with E-state index in [0.717, 1.165) is 18.4 Å². The van der Waals surface area contributed by atoms with E-state index in [-0.39, 0.29) is 72.3 Å². The second-order valence-electron chi connectivity index (χ2n) is 18.7. The highest BCUT2D eigenvalue weighted by molar-refractivity contribution is 5.96. The minimum Gasteiger partial charge on any atom is -0.455 e. The molecule has 1 saturated heterocycles. The predicted molar refractivity (Wildman–Crippen MR) is 254 cm³/mol. The zero-order chi connectivity index (χ0) is 48.4. The minimum atomic E-state index is -0.771. The lowest BCUT2D eigenvalue weighted by Crippen LogP contribution is -2.54. The van der Waals surface area contributed by atoms with Crippen molar-refractivity contribution in [2.45, 2.75) is 156 Å². The molecule has 2 aromatic rings. The maximum atomic E-state index is 14.4. The van der Waals surface area contributed by atoms with Crippen molar-refractivity contribution in [2.75, 3.05) is 34.9 Å². The Balaban J connectivity index is 1.72. The molecule has 0 aromatic heterocycles. The fourth-order valence-electron chi connectivity index (χ4n) is 9.44. The zero-order valence-corrected chi connectivity index (χ0v) is 41.3. The summed E-state index contributed by atoms with van der Waals surface area (Å²) in [6, 6.07) is 16.6. The topological polar surface area (TPSA) is 161 Å². The van der Waals surface area contributed by atoms with E-state index in [2.05, 4.69) is 17.6 Å². The summed E-state index contributed by atoms with van der Waals surface area (Å²) in [6.07, 6.45) is 1.68. The first-order valence-electron chi connectivity index (χ1n) is 23.9. The number of likely N-dealkylation sites (tertiary alicyclic amines) is 1. The summed E-state index contributed by atoms with van der Waals surface area (Å²) in [6.45, 7) is 16.1. The van der Waals surface area contributed by atoms with Crippen molar-refractivity contribution in [1.82, 2.24) is 20.4 Å². The number of likely N-dealkylation sites (N-methyl/N-ethyl adjacent to an activating group) is 2. The van der Waals surface area contributed by atoms with Crippen LogP contribution in [0.5, 0.6) is 0 Å². The maximum absolute atomic E-state index is 14.4. The van der Waals surface area contributed by atoms with Gasteiger partial charge in [0.25, 0.3) is 0 Å². The highest BCUT2D eigenvalue weighted by Crippen LogP contribution is 2.31. The standard InChI is InChI=1S/C52H80N4O9/c1-13-35(6)48(55(10)52(62)40(33(2)3)31-43(58)47(53-9)34(4)5)44(63-11)32-45(59)56-30-22-27-41(56)49(64-12)36(7)51(61)54-37(8)50(39-25-18-15-19-26-39)65-46(60)29-21-20-28-42(57)38-23-16-14-17-24-38/h14-19,23-26,33-37,40-41,44,47-50,53H,13,20-22,27-32H2,1-12H3,(H,54,61)/t35-,36+,37+,40-,41-,44+,47-,48-,49+,50?/m0/s1. The first kappa shape index (κ1) is 54.9. The number of carbonyl (C=O) groups is 6. The Morgan fingerprint density at radius 1 is 0.815 bits per heavy atom. The number of nitrogens with one attached hydrogen (secondary N) is 2. The number of methoxy groups -OCH3 is 2. The van der Waals surface area contributed by atoms with Crippen molar-refractivity contribution >= 4 is 35.3 Å². The summed E-state index contributed by atoms with van der Waals surface area (Å²) in [7, 11) is 6.64. The van der Waals surface area contributed by atoms with Crippen LogP contribution in [0.2, 0.25) is 0 Å². The van der Waals surface area contributed by atoms with E-state index < -0.39 is 54.2 Å². The number of amides is 3. The Kier molecular flexibility index (Phi) is 23.0. The molecule has 2 aromatic carbocycles. The average Bonchev–Trinajstić information content (AvgIpc) is 3.78. The van der Waals surface area contributed by atoms with E-state index in [0.29, 0.717) is 37.8 Å². The normalized spacial score (nSPS) is 18.2. The fraction of sp³-hybridized carbons (Fsp3) is 0.654. The third-order valence-electron chi connectivity index (χ3n) is 13.5. The average molecular weight is 905 g/mol. The molecule has 1 unspecified atom stereocenters. The molecule has 0 spiro atoms. The molecule has 1 heterocycles. The van der Waals surface area contributed by atoms with Crippen LogP contribution in [-0.2, 0) is 38.2 Å². The summed E-state index contributed by atoms with van der Waals surface area (Å²) in [4.78, 5) is 85.4. The van der Waals surface area contributed by atoms with E-state index in [1.165, 1.54) is 0 Å². The lowest BCUT2D eigenvalue weighted by molar-refractivity contribution is -0.152. The molecule has 10 atom stereocenters. The number of benzene rings is 2. The molecular weight excluding hydrogens is 825 g/mol. The van der Waals surface area contributed by atoms with E-state index >= 15 is 0 Å². The van der Waals surface area contributed by atoms with Crippen LogP contribution in [-0.4, -0.2) is 116 Å². The number of nitrogens with zero attached hydrogens (tertiary/aromatic N) is 2. The van der Waals surface area contributed by atoms with Gasteiger partial charge in [-0.1, -0.05) is 116 Å². The first-order valence-corrected chi connectivity index (χ1v) is 23.9. The SMILES string of the molecule is CC[C@H](C)[C@@H]([C@@H](CC(=O)N1CCC[C@H]1[C@H](OC)[C@@H](C)C(=O)N[C@H](C)C(OC(=O)CCCCC(=O)c1ccccc1)c1ccccc1)OC)N(C)C(=O)[C@@H](CC(=O)[C@@H](NC)C(C)C)C(C)C. The number of unbranched alkanes of at least 4 members (excludes halogenated alkanes) is 1. The predicted octanol–water partition coefficient (Wildman–Crippen LogP) is 7.61. The van der Waals surface area contributed by atoms with Gasteiger partial charge in [0.2, 0.25) is 17.7 Å². The largest absolute Gasteiger partial charge is 0.455 e. The van der Waals surface area contributed by atoms with Gasteiger partial charge in [-0.2, -0.15) is 0 Å². The molecule has 1 aliphatic rings. The van der Waals surface area contributed by atoms with Gasteiger partial charge in [0.1, 0.15) is 6.10 Å². The van der Waals surface area contributed by atoms with E-state index in [9.17, 15) is 28.8 Å². The molecule has 3 rings (SSSR count). The van der Waals surface area contributed by atoms with E-state index in [1.807, 2.05) is 83.1 Å². The van der Waals surface area contributed by atoms with Gasteiger partial charge in [0, 0.05) is 58.6 Å². The number of hydrogen-bond acceptors (Lipinski definition) is 10. The van der Waals surface area contributed by atoms with Crippen LogP contribution >= 0.6 is 0 Å². The monoisotopic (exact) mass is 905 g/mol.